The van der Waals surface area contributed by atoms with E-state index in [-0.39, 0.29) is 0 Å². The van der Waals surface area contributed by atoms with E-state index in [0.717, 1.165) is 38.5 Å². The number of hydrogen-bond donors (Lipinski definition) is 0. The van der Waals surface area contributed by atoms with Crippen LogP contribution in [0.3, 0.4) is 0 Å². The number of fused-ring (bicyclic) bond motifs is 11. The second-order valence-electron chi connectivity index (χ2n) is 14.2. The molecular weight excluding hydrogens is 691 g/mol. The second kappa shape index (κ2) is 11.7. The number of para-hydroxylation sites is 2. The van der Waals surface area contributed by atoms with Gasteiger partial charge in [0.25, 0.3) is 0 Å². The van der Waals surface area contributed by atoms with Gasteiger partial charge in [0.05, 0.1) is 28.3 Å². The molecule has 12 aromatic rings. The Balaban J connectivity index is 0.969. The van der Waals surface area contributed by atoms with Crippen molar-refractivity contribution in [3.05, 3.63) is 176 Å². The summed E-state index contributed by atoms with van der Waals surface area (Å²) in [4.78, 5) is 10.1. The van der Waals surface area contributed by atoms with Crippen molar-refractivity contribution in [2.24, 2.45) is 0 Å². The van der Waals surface area contributed by atoms with Gasteiger partial charge >= 0.3 is 0 Å². The van der Waals surface area contributed by atoms with Crippen LogP contribution in [0.1, 0.15) is 0 Å². The number of rotatable bonds is 4. The molecule has 0 aliphatic rings. The van der Waals surface area contributed by atoms with Crippen LogP contribution in [0.25, 0.3) is 114 Å². The largest absolute Gasteiger partial charge is 0.436 e. The molecule has 4 aromatic heterocycles. The third-order valence-corrected chi connectivity index (χ3v) is 12.2. The highest BCUT2D eigenvalue weighted by molar-refractivity contribution is 7.26. The van der Waals surface area contributed by atoms with Gasteiger partial charge in [0.2, 0.25) is 5.71 Å². The van der Waals surface area contributed by atoms with Crippen molar-refractivity contribution in [1.82, 2.24) is 14.5 Å². The van der Waals surface area contributed by atoms with Crippen LogP contribution in [0.5, 0.6) is 0 Å². The van der Waals surface area contributed by atoms with Crippen LogP contribution in [0.15, 0.2) is 180 Å². The van der Waals surface area contributed by atoms with E-state index in [0.29, 0.717) is 5.71 Å². The molecule has 55 heavy (non-hydrogen) atoms. The smallest absolute Gasteiger partial charge is 0.246 e. The van der Waals surface area contributed by atoms with Gasteiger partial charge in [-0.05, 0) is 93.7 Å². The van der Waals surface area contributed by atoms with Crippen LogP contribution < -0.4 is 0 Å². The van der Waals surface area contributed by atoms with Crippen molar-refractivity contribution < 1.29 is 4.42 Å². The molecule has 0 aliphatic heterocycles. The van der Waals surface area contributed by atoms with Gasteiger partial charge in [-0.15, -0.1) is 11.3 Å². The lowest BCUT2D eigenvalue weighted by Crippen LogP contribution is -1.92. The zero-order chi connectivity index (χ0) is 36.0. The molecule has 0 N–H and O–H groups in total. The fourth-order valence-corrected chi connectivity index (χ4v) is 9.65. The quantitative estimate of drug-likeness (QED) is 0.182. The summed E-state index contributed by atoms with van der Waals surface area (Å²) in [5.74, 6) is 0. The molecule has 0 atom stereocenters. The first-order chi connectivity index (χ1) is 27.2. The fourth-order valence-electron chi connectivity index (χ4n) is 8.54. The molecule has 4 nitrogen and oxygen atoms in total. The molecular formula is C50H29N3OS. The van der Waals surface area contributed by atoms with E-state index in [1.165, 1.54) is 69.9 Å². The maximum Gasteiger partial charge on any atom is 0.246 e. The Labute approximate surface area is 319 Å². The van der Waals surface area contributed by atoms with E-state index < -0.39 is 0 Å². The summed E-state index contributed by atoms with van der Waals surface area (Å²) in [5, 5.41) is 8.20. The lowest BCUT2D eigenvalue weighted by Gasteiger charge is -2.09. The summed E-state index contributed by atoms with van der Waals surface area (Å²) in [7, 11) is 0. The first-order valence-electron chi connectivity index (χ1n) is 18.5. The molecule has 0 spiro atoms. The van der Waals surface area contributed by atoms with Gasteiger partial charge in [-0.2, -0.15) is 0 Å². The van der Waals surface area contributed by atoms with Crippen LogP contribution in [0.4, 0.5) is 0 Å². The van der Waals surface area contributed by atoms with E-state index in [2.05, 4.69) is 168 Å². The molecule has 5 heteroatoms. The maximum absolute atomic E-state index is 6.32. The van der Waals surface area contributed by atoms with E-state index in [9.17, 15) is 0 Å². The minimum absolute atomic E-state index is 0.556. The van der Waals surface area contributed by atoms with Gasteiger partial charge < -0.3 is 8.98 Å². The predicted molar refractivity (Wildman–Crippen MR) is 230 cm³/mol. The number of furan rings is 1. The zero-order valence-electron chi connectivity index (χ0n) is 29.4. The third kappa shape index (κ3) is 4.64. The molecule has 0 amide bonds. The highest BCUT2D eigenvalue weighted by Crippen LogP contribution is 2.43. The molecule has 4 heterocycles. The van der Waals surface area contributed by atoms with Crippen molar-refractivity contribution in [3.63, 3.8) is 0 Å². The molecule has 0 unspecified atom stereocenters. The number of benzene rings is 8. The SMILES string of the molecule is c1ccc(-n2c3ccccc3c3cc(-c4cccc(-c5ccc6sc7cccc(-c8cnc9c(n8)oc8ccc%10ccccc%10c89)c7c6c5)c4)ccc32)cc1. The van der Waals surface area contributed by atoms with Gasteiger partial charge in [-0.3, -0.25) is 0 Å². The Morgan fingerprint density at radius 2 is 1.22 bits per heavy atom. The Morgan fingerprint density at radius 1 is 0.491 bits per heavy atom. The lowest BCUT2D eigenvalue weighted by atomic mass is 9.96. The second-order valence-corrected chi connectivity index (χ2v) is 15.2. The normalized spacial score (nSPS) is 12.0. The van der Waals surface area contributed by atoms with Gasteiger partial charge in [-0.25, -0.2) is 9.97 Å². The van der Waals surface area contributed by atoms with E-state index in [4.69, 9.17) is 14.4 Å². The Hall–Kier alpha value is -7.08. The van der Waals surface area contributed by atoms with Gasteiger partial charge in [0.15, 0.2) is 0 Å². The number of nitrogens with zero attached hydrogens (tertiary/aromatic N) is 3. The maximum atomic E-state index is 6.32. The topological polar surface area (TPSA) is 43.9 Å². The van der Waals surface area contributed by atoms with Crippen LogP contribution in [0, 0.1) is 0 Å². The van der Waals surface area contributed by atoms with Crippen molar-refractivity contribution in [2.45, 2.75) is 0 Å². The Morgan fingerprint density at radius 3 is 2.11 bits per heavy atom. The fraction of sp³-hybridized carbons (Fsp3) is 0. The number of hydrogen-bond acceptors (Lipinski definition) is 4. The van der Waals surface area contributed by atoms with Gasteiger partial charge in [-0.1, -0.05) is 109 Å². The van der Waals surface area contributed by atoms with Crippen molar-refractivity contribution >= 4 is 86.3 Å². The summed E-state index contributed by atoms with van der Waals surface area (Å²) < 4.78 is 11.1. The molecule has 8 aromatic carbocycles. The minimum atomic E-state index is 0.556. The first kappa shape index (κ1) is 30.4. The minimum Gasteiger partial charge on any atom is -0.436 e. The van der Waals surface area contributed by atoms with Gasteiger partial charge in [0, 0.05) is 42.2 Å². The molecule has 0 radical (unpaired) electrons. The molecule has 256 valence electrons. The van der Waals surface area contributed by atoms with Crippen LogP contribution >= 0.6 is 11.3 Å². The standard InChI is InChI=1S/C50H29N3OS/c1-2-13-35(14-3-1)53-42-18-7-6-16-37(42)39-27-33(20-23-43(39)53)31-11-8-12-32(26-31)34-22-25-45-40(28-34)47-38(17-9-19-46(47)55-45)41-29-51-49-48-36-15-5-4-10-30(36)21-24-44(48)54-50(49)52-41/h1-29H. The Kier molecular flexibility index (Phi) is 6.47. The summed E-state index contributed by atoms with van der Waals surface area (Å²) in [6.45, 7) is 0. The Bertz CT molecular complexity index is 3500. The molecule has 0 saturated carbocycles. The molecule has 0 aliphatic carbocycles. The summed E-state index contributed by atoms with van der Waals surface area (Å²) in [6, 6.07) is 60.9. The third-order valence-electron chi connectivity index (χ3n) is 11.1. The molecule has 12 rings (SSSR count). The van der Waals surface area contributed by atoms with Crippen molar-refractivity contribution in [3.8, 4) is 39.2 Å². The zero-order valence-corrected chi connectivity index (χ0v) is 30.2. The molecule has 0 saturated heterocycles. The van der Waals surface area contributed by atoms with Crippen molar-refractivity contribution in [1.29, 1.82) is 0 Å². The number of thiophene rings is 1. The summed E-state index contributed by atoms with van der Waals surface area (Å²) in [6.07, 6.45) is 1.90. The molecule has 0 fully saturated rings. The number of aromatic nitrogens is 3. The monoisotopic (exact) mass is 719 g/mol. The summed E-state index contributed by atoms with van der Waals surface area (Å²) in [5.41, 5.74) is 12.3. The van der Waals surface area contributed by atoms with E-state index in [1.807, 2.05) is 23.6 Å². The van der Waals surface area contributed by atoms with E-state index in [1.54, 1.807) is 0 Å². The highest BCUT2D eigenvalue weighted by atomic mass is 32.1. The van der Waals surface area contributed by atoms with Crippen LogP contribution in [0.2, 0.25) is 0 Å². The predicted octanol–water partition coefficient (Wildman–Crippen LogP) is 14.0. The highest BCUT2D eigenvalue weighted by Gasteiger charge is 2.18. The first-order valence-corrected chi connectivity index (χ1v) is 19.3. The molecule has 0 bridgehead atoms. The average Bonchev–Trinajstić information content (AvgIpc) is 3.93. The lowest BCUT2D eigenvalue weighted by molar-refractivity contribution is 0.654. The van der Waals surface area contributed by atoms with Crippen molar-refractivity contribution in [2.75, 3.05) is 0 Å². The van der Waals surface area contributed by atoms with E-state index >= 15 is 0 Å². The van der Waals surface area contributed by atoms with Gasteiger partial charge in [0.1, 0.15) is 11.1 Å². The van der Waals surface area contributed by atoms with Crippen LogP contribution in [-0.2, 0) is 0 Å². The van der Waals surface area contributed by atoms with Crippen LogP contribution in [-0.4, -0.2) is 14.5 Å². The summed E-state index contributed by atoms with van der Waals surface area (Å²) >= 11 is 1.81. The average molecular weight is 720 g/mol.